The molecule has 0 saturated carbocycles. The Kier molecular flexibility index (Phi) is 8.28. The summed E-state index contributed by atoms with van der Waals surface area (Å²) >= 11 is 0. The van der Waals surface area contributed by atoms with Gasteiger partial charge in [-0.3, -0.25) is 0 Å². The fraction of sp³-hybridized carbons (Fsp3) is 0.591. The number of esters is 1. The lowest BCUT2D eigenvalue weighted by molar-refractivity contribution is -0.277. The minimum atomic E-state index is -5.00. The molecular weight excluding hydrogens is 385 g/mol. The Balaban J connectivity index is 2.16. The molecule has 1 aliphatic heterocycles. The van der Waals surface area contributed by atoms with E-state index in [9.17, 15) is 18.0 Å². The number of methoxy groups -OCH3 is 1. The van der Waals surface area contributed by atoms with Gasteiger partial charge in [0.25, 0.3) is 5.60 Å². The number of epoxide rings is 1. The fourth-order valence-electron chi connectivity index (χ4n) is 3.45. The van der Waals surface area contributed by atoms with Gasteiger partial charge >= 0.3 is 12.1 Å². The van der Waals surface area contributed by atoms with Crippen molar-refractivity contribution < 1.29 is 32.2 Å². The van der Waals surface area contributed by atoms with E-state index in [1.54, 1.807) is 25.1 Å². The third kappa shape index (κ3) is 5.39. The van der Waals surface area contributed by atoms with Crippen molar-refractivity contribution in [2.24, 2.45) is 0 Å². The molecule has 4 atom stereocenters. The van der Waals surface area contributed by atoms with E-state index in [4.69, 9.17) is 14.2 Å². The summed E-state index contributed by atoms with van der Waals surface area (Å²) in [5.41, 5.74) is -3.52. The molecule has 4 nitrogen and oxygen atoms in total. The Labute approximate surface area is 170 Å². The molecule has 1 heterocycles. The summed E-state index contributed by atoms with van der Waals surface area (Å²) in [6.45, 7) is 3.83. The standard InChI is InChI=1S/C22H29F3O4/c1-4-6-7-11-15-18-19(28-18)17(12-5-2)29-20(26)21(27-3,22(23,24)25)16-13-9-8-10-14-16/h5,8-10,12-14,17-19H,4,6-7,11,15H2,1-3H3/b12-5+/t17-,18-,19+,21-/m0/s1. The van der Waals surface area contributed by atoms with Gasteiger partial charge < -0.3 is 14.2 Å². The molecule has 1 fully saturated rings. The van der Waals surface area contributed by atoms with Crippen LogP contribution in [0.3, 0.4) is 0 Å². The van der Waals surface area contributed by atoms with Gasteiger partial charge in [-0.05, 0) is 19.4 Å². The van der Waals surface area contributed by atoms with Crippen LogP contribution in [0.15, 0.2) is 42.5 Å². The molecule has 0 unspecified atom stereocenters. The van der Waals surface area contributed by atoms with E-state index in [1.807, 2.05) is 0 Å². The van der Waals surface area contributed by atoms with Crippen LogP contribution in [-0.2, 0) is 24.6 Å². The van der Waals surface area contributed by atoms with Crippen LogP contribution in [0, 0.1) is 0 Å². The maximum Gasteiger partial charge on any atom is 0.432 e. The highest BCUT2D eigenvalue weighted by atomic mass is 19.4. The predicted octanol–water partition coefficient (Wildman–Crippen LogP) is 5.32. The molecule has 1 aromatic carbocycles. The zero-order valence-electron chi connectivity index (χ0n) is 17.1. The van der Waals surface area contributed by atoms with Crippen molar-refractivity contribution in [1.82, 2.24) is 0 Å². The highest BCUT2D eigenvalue weighted by molar-refractivity contribution is 5.83. The number of unbranched alkanes of at least 4 members (excludes halogenated alkanes) is 3. The Morgan fingerprint density at radius 3 is 2.45 bits per heavy atom. The molecule has 0 radical (unpaired) electrons. The minimum absolute atomic E-state index is 0.111. The molecule has 1 aliphatic rings. The van der Waals surface area contributed by atoms with Crippen LogP contribution in [0.2, 0.25) is 0 Å². The molecular formula is C22H29F3O4. The third-order valence-electron chi connectivity index (χ3n) is 5.09. The van der Waals surface area contributed by atoms with Gasteiger partial charge in [-0.1, -0.05) is 69.0 Å². The molecule has 1 saturated heterocycles. The molecule has 7 heteroatoms. The number of benzene rings is 1. The molecule has 0 aliphatic carbocycles. The maximum absolute atomic E-state index is 14.0. The maximum atomic E-state index is 14.0. The van der Waals surface area contributed by atoms with Gasteiger partial charge in [0, 0.05) is 12.7 Å². The SMILES string of the molecule is C/C=C/[C@H](OC(=O)[C@@](OC)(c1ccccc1)C(F)(F)F)[C@H]1O[C@H]1CCCCCC. The number of ether oxygens (including phenoxy) is 3. The molecule has 29 heavy (non-hydrogen) atoms. The highest BCUT2D eigenvalue weighted by Gasteiger charge is 2.64. The number of hydrogen-bond acceptors (Lipinski definition) is 4. The van der Waals surface area contributed by atoms with Crippen molar-refractivity contribution in [3.63, 3.8) is 0 Å². The van der Waals surface area contributed by atoms with Crippen molar-refractivity contribution in [2.45, 2.75) is 76.0 Å². The second kappa shape index (κ2) is 10.3. The Hall–Kier alpha value is -1.86. The third-order valence-corrected chi connectivity index (χ3v) is 5.09. The van der Waals surface area contributed by atoms with E-state index >= 15 is 0 Å². The lowest BCUT2D eigenvalue weighted by atomic mass is 9.92. The van der Waals surface area contributed by atoms with Gasteiger partial charge in [-0.25, -0.2) is 4.79 Å². The number of alkyl halides is 3. The van der Waals surface area contributed by atoms with Crippen molar-refractivity contribution in [1.29, 1.82) is 0 Å². The molecule has 0 aromatic heterocycles. The topological polar surface area (TPSA) is 48.1 Å². The Bertz CT molecular complexity index is 674. The van der Waals surface area contributed by atoms with Gasteiger partial charge in [0.1, 0.15) is 12.2 Å². The quantitative estimate of drug-likeness (QED) is 0.213. The molecule has 162 valence electrons. The molecule has 0 amide bonds. The highest BCUT2D eigenvalue weighted by Crippen LogP contribution is 2.44. The van der Waals surface area contributed by atoms with Gasteiger partial charge in [0.05, 0.1) is 6.10 Å². The fourth-order valence-corrected chi connectivity index (χ4v) is 3.45. The minimum Gasteiger partial charge on any atom is -0.453 e. The first-order valence-corrected chi connectivity index (χ1v) is 9.98. The summed E-state index contributed by atoms with van der Waals surface area (Å²) in [5.74, 6) is -1.50. The predicted molar refractivity (Wildman–Crippen MR) is 103 cm³/mol. The van der Waals surface area contributed by atoms with Crippen LogP contribution in [0.5, 0.6) is 0 Å². The summed E-state index contributed by atoms with van der Waals surface area (Å²) in [5, 5.41) is 0. The van der Waals surface area contributed by atoms with E-state index in [0.29, 0.717) is 0 Å². The number of allylic oxidation sites excluding steroid dienone is 1. The van der Waals surface area contributed by atoms with Crippen LogP contribution >= 0.6 is 0 Å². The number of carbonyl (C=O) groups excluding carboxylic acids is 1. The summed E-state index contributed by atoms with van der Waals surface area (Å²) in [6, 6.07) is 6.80. The van der Waals surface area contributed by atoms with Crippen molar-refractivity contribution in [2.75, 3.05) is 7.11 Å². The largest absolute Gasteiger partial charge is 0.453 e. The normalized spacial score (nSPS) is 22.3. The second-order valence-electron chi connectivity index (χ2n) is 7.13. The van der Waals surface area contributed by atoms with Crippen LogP contribution in [0.4, 0.5) is 13.2 Å². The molecule has 0 spiro atoms. The van der Waals surface area contributed by atoms with Crippen LogP contribution in [0.25, 0.3) is 0 Å². The summed E-state index contributed by atoms with van der Waals surface area (Å²) < 4.78 is 57.7. The lowest BCUT2D eigenvalue weighted by Gasteiger charge is -2.33. The average Bonchev–Trinajstić information content (AvgIpc) is 3.45. The van der Waals surface area contributed by atoms with Crippen LogP contribution in [0.1, 0.15) is 51.5 Å². The zero-order valence-corrected chi connectivity index (χ0v) is 17.1. The van der Waals surface area contributed by atoms with E-state index in [2.05, 4.69) is 6.92 Å². The van der Waals surface area contributed by atoms with E-state index in [0.717, 1.165) is 39.2 Å². The lowest BCUT2D eigenvalue weighted by Crippen LogP contribution is -2.52. The number of carbonyl (C=O) groups is 1. The first-order chi connectivity index (χ1) is 13.8. The first kappa shape index (κ1) is 23.4. The van der Waals surface area contributed by atoms with Gasteiger partial charge in [-0.2, -0.15) is 13.2 Å². The van der Waals surface area contributed by atoms with Crippen molar-refractivity contribution in [3.8, 4) is 0 Å². The van der Waals surface area contributed by atoms with E-state index in [1.165, 1.54) is 24.3 Å². The van der Waals surface area contributed by atoms with Crippen LogP contribution in [-0.4, -0.2) is 37.6 Å². The Morgan fingerprint density at radius 1 is 1.21 bits per heavy atom. The Morgan fingerprint density at radius 2 is 1.90 bits per heavy atom. The summed E-state index contributed by atoms with van der Waals surface area (Å²) in [4.78, 5) is 12.8. The second-order valence-corrected chi connectivity index (χ2v) is 7.13. The molecule has 0 N–H and O–H groups in total. The van der Waals surface area contributed by atoms with E-state index < -0.39 is 30.0 Å². The van der Waals surface area contributed by atoms with Gasteiger partial charge in [-0.15, -0.1) is 0 Å². The summed E-state index contributed by atoms with van der Waals surface area (Å²) in [6.07, 6.45) is 1.84. The number of halogens is 3. The first-order valence-electron chi connectivity index (χ1n) is 9.98. The monoisotopic (exact) mass is 414 g/mol. The molecule has 0 bridgehead atoms. The number of rotatable bonds is 11. The van der Waals surface area contributed by atoms with Gasteiger partial charge in [0.15, 0.2) is 0 Å². The smallest absolute Gasteiger partial charge is 0.432 e. The molecule has 2 rings (SSSR count). The van der Waals surface area contributed by atoms with E-state index in [-0.39, 0.29) is 11.7 Å². The van der Waals surface area contributed by atoms with Crippen molar-refractivity contribution >= 4 is 5.97 Å². The average molecular weight is 414 g/mol. The summed E-state index contributed by atoms with van der Waals surface area (Å²) in [7, 11) is 0.858. The van der Waals surface area contributed by atoms with Gasteiger partial charge in [0.2, 0.25) is 0 Å². The zero-order chi connectivity index (χ0) is 21.5. The van der Waals surface area contributed by atoms with Crippen molar-refractivity contribution in [3.05, 3.63) is 48.0 Å². The molecule has 1 aromatic rings. The number of hydrogen-bond donors (Lipinski definition) is 0. The van der Waals surface area contributed by atoms with Crippen LogP contribution < -0.4 is 0 Å².